The van der Waals surface area contributed by atoms with Gasteiger partial charge in [0.2, 0.25) is 0 Å². The van der Waals surface area contributed by atoms with Gasteiger partial charge in [-0.1, -0.05) is 52.0 Å². The molecule has 0 aliphatic rings. The molecule has 0 unspecified atom stereocenters. The average Bonchev–Trinajstić information content (AvgIpc) is 2.87. The molecule has 0 spiro atoms. The molecule has 204 valence electrons. The maximum Gasteiger partial charge on any atom is 0.303 e. The van der Waals surface area contributed by atoms with Gasteiger partial charge in [0.15, 0.2) is 11.6 Å². The summed E-state index contributed by atoms with van der Waals surface area (Å²) in [5.41, 5.74) is 2.60. The Morgan fingerprint density at radius 3 is 2.32 bits per heavy atom. The highest BCUT2D eigenvalue weighted by Gasteiger charge is 2.29. The van der Waals surface area contributed by atoms with Crippen LogP contribution in [0.4, 0.5) is 8.78 Å². The van der Waals surface area contributed by atoms with Gasteiger partial charge < -0.3 is 19.3 Å². The highest BCUT2D eigenvalue weighted by Crippen LogP contribution is 2.42. The van der Waals surface area contributed by atoms with Crippen LogP contribution in [0.15, 0.2) is 54.6 Å². The predicted molar refractivity (Wildman–Crippen MR) is 144 cm³/mol. The molecule has 0 bridgehead atoms. The molecule has 0 heterocycles. The number of aliphatic carboxylic acids is 1. The van der Waals surface area contributed by atoms with Crippen LogP contribution >= 0.6 is 0 Å². The van der Waals surface area contributed by atoms with Crippen LogP contribution in [0.25, 0.3) is 11.1 Å². The number of halogens is 2. The lowest BCUT2D eigenvalue weighted by molar-refractivity contribution is -0.137. The molecule has 0 amide bonds. The van der Waals surface area contributed by atoms with Gasteiger partial charge in [-0.2, -0.15) is 0 Å². The van der Waals surface area contributed by atoms with Crippen molar-refractivity contribution in [3.63, 3.8) is 0 Å². The smallest absolute Gasteiger partial charge is 0.303 e. The largest absolute Gasteiger partial charge is 0.497 e. The Balaban J connectivity index is 2.00. The molecule has 0 fully saturated rings. The molecule has 0 saturated heterocycles. The van der Waals surface area contributed by atoms with Crippen molar-refractivity contribution in [1.82, 2.24) is 0 Å². The number of methoxy groups -OCH3 is 2. The molecule has 0 radical (unpaired) electrons. The van der Waals surface area contributed by atoms with Crippen LogP contribution in [0.5, 0.6) is 11.5 Å². The van der Waals surface area contributed by atoms with E-state index in [-0.39, 0.29) is 36.1 Å². The molecule has 0 aliphatic heterocycles. The minimum absolute atomic E-state index is 0.0509. The zero-order chi connectivity index (χ0) is 28.0. The van der Waals surface area contributed by atoms with E-state index in [0.29, 0.717) is 28.9 Å². The Hall–Kier alpha value is -3.45. The summed E-state index contributed by atoms with van der Waals surface area (Å²) in [5, 5.41) is 9.19. The third-order valence-corrected chi connectivity index (χ3v) is 6.63. The zero-order valence-corrected chi connectivity index (χ0v) is 22.8. The molecule has 3 rings (SSSR count). The number of carbonyl (C=O) groups is 1. The third kappa shape index (κ3) is 6.70. The quantitative estimate of drug-likeness (QED) is 0.275. The van der Waals surface area contributed by atoms with Crippen LogP contribution in [-0.2, 0) is 16.1 Å². The van der Waals surface area contributed by atoms with E-state index < -0.39 is 17.7 Å². The van der Waals surface area contributed by atoms with E-state index >= 15 is 4.39 Å². The monoisotopic (exact) mass is 526 g/mol. The van der Waals surface area contributed by atoms with E-state index in [9.17, 15) is 14.3 Å². The number of rotatable bonds is 11. The third-order valence-electron chi connectivity index (χ3n) is 6.63. The average molecular weight is 527 g/mol. The van der Waals surface area contributed by atoms with Crippen LogP contribution < -0.4 is 9.47 Å². The highest BCUT2D eigenvalue weighted by atomic mass is 19.1. The van der Waals surface area contributed by atoms with Crippen molar-refractivity contribution in [1.29, 1.82) is 0 Å². The van der Waals surface area contributed by atoms with Crippen LogP contribution in [0.2, 0.25) is 0 Å². The van der Waals surface area contributed by atoms with E-state index in [0.717, 1.165) is 11.1 Å². The standard InChI is InChI=1S/C31H36F2O5/c1-7-20(16-28(34)35)22-9-8-10-27(29(22)33)38-18-19-11-13-23(24-17-21(36-5)12-14-26(24)32)25(15-19)30(37-6)31(2,3)4/h8-15,17,20,30H,7,16,18H2,1-6H3,(H,34,35)/t20-,30+/m1/s1. The summed E-state index contributed by atoms with van der Waals surface area (Å²) in [6, 6.07) is 14.9. The summed E-state index contributed by atoms with van der Waals surface area (Å²) in [5.74, 6) is -1.78. The number of ether oxygens (including phenoxy) is 3. The number of hydrogen-bond acceptors (Lipinski definition) is 4. The van der Waals surface area contributed by atoms with E-state index in [2.05, 4.69) is 0 Å². The van der Waals surface area contributed by atoms with Crippen LogP contribution in [0, 0.1) is 17.0 Å². The number of benzene rings is 3. The van der Waals surface area contributed by atoms with Crippen molar-refractivity contribution in [2.24, 2.45) is 5.41 Å². The van der Waals surface area contributed by atoms with Crippen LogP contribution in [0.1, 0.15) is 69.2 Å². The van der Waals surface area contributed by atoms with Gasteiger partial charge in [0.1, 0.15) is 18.2 Å². The molecule has 0 saturated carbocycles. The van der Waals surface area contributed by atoms with E-state index in [1.807, 2.05) is 45.9 Å². The second kappa shape index (κ2) is 12.4. The molecule has 3 aromatic carbocycles. The molecule has 5 nitrogen and oxygen atoms in total. The summed E-state index contributed by atoms with van der Waals surface area (Å²) >= 11 is 0. The van der Waals surface area contributed by atoms with Gasteiger partial charge in [0, 0.05) is 12.7 Å². The van der Waals surface area contributed by atoms with Crippen molar-refractivity contribution >= 4 is 5.97 Å². The lowest BCUT2D eigenvalue weighted by Crippen LogP contribution is -2.21. The number of hydrogen-bond donors (Lipinski definition) is 1. The Morgan fingerprint density at radius 2 is 1.71 bits per heavy atom. The normalized spacial score (nSPS) is 13.2. The maximum atomic E-state index is 15.3. The van der Waals surface area contributed by atoms with Gasteiger partial charge in [-0.05, 0) is 70.3 Å². The Bertz CT molecular complexity index is 1270. The molecule has 1 N–H and O–H groups in total. The fourth-order valence-electron chi connectivity index (χ4n) is 4.75. The second-order valence-electron chi connectivity index (χ2n) is 10.4. The first-order chi connectivity index (χ1) is 18.0. The molecule has 38 heavy (non-hydrogen) atoms. The van der Waals surface area contributed by atoms with Crippen molar-refractivity contribution in [3.8, 4) is 22.6 Å². The lowest BCUT2D eigenvalue weighted by atomic mass is 9.81. The number of carboxylic acid groups (broad SMARTS) is 1. The zero-order valence-electron chi connectivity index (χ0n) is 22.8. The van der Waals surface area contributed by atoms with Gasteiger partial charge in [0.05, 0.1) is 19.6 Å². The van der Waals surface area contributed by atoms with Crippen molar-refractivity contribution < 1.29 is 32.9 Å². The first kappa shape index (κ1) is 29.1. The second-order valence-corrected chi connectivity index (χ2v) is 10.4. The Labute approximate surface area is 223 Å². The highest BCUT2D eigenvalue weighted by molar-refractivity contribution is 5.71. The van der Waals surface area contributed by atoms with Gasteiger partial charge in [-0.15, -0.1) is 0 Å². The molecule has 2 atom stereocenters. The van der Waals surface area contributed by atoms with Crippen LogP contribution in [-0.4, -0.2) is 25.3 Å². The summed E-state index contributed by atoms with van der Waals surface area (Å²) in [4.78, 5) is 11.2. The van der Waals surface area contributed by atoms with Gasteiger partial charge in [-0.3, -0.25) is 4.79 Å². The molecule has 0 aromatic heterocycles. The first-order valence-corrected chi connectivity index (χ1v) is 12.6. The van der Waals surface area contributed by atoms with Gasteiger partial charge in [-0.25, -0.2) is 8.78 Å². The summed E-state index contributed by atoms with van der Waals surface area (Å²) in [6.45, 7) is 8.01. The van der Waals surface area contributed by atoms with Crippen molar-refractivity contribution in [2.45, 2.75) is 59.2 Å². The minimum Gasteiger partial charge on any atom is -0.497 e. The molecular weight excluding hydrogens is 490 g/mol. The molecule has 7 heteroatoms. The predicted octanol–water partition coefficient (Wildman–Crippen LogP) is 7.92. The topological polar surface area (TPSA) is 65.0 Å². The number of carboxylic acids is 1. The van der Waals surface area contributed by atoms with Gasteiger partial charge >= 0.3 is 5.97 Å². The minimum atomic E-state index is -0.978. The van der Waals surface area contributed by atoms with Crippen molar-refractivity contribution in [2.75, 3.05) is 14.2 Å². The van der Waals surface area contributed by atoms with Crippen molar-refractivity contribution in [3.05, 3.63) is 82.9 Å². The Morgan fingerprint density at radius 1 is 0.974 bits per heavy atom. The summed E-state index contributed by atoms with van der Waals surface area (Å²) in [6.07, 6.45) is -0.0403. The van der Waals surface area contributed by atoms with E-state index in [1.165, 1.54) is 19.2 Å². The molecule has 3 aromatic rings. The van der Waals surface area contributed by atoms with Crippen LogP contribution in [0.3, 0.4) is 0 Å². The Kier molecular flexibility index (Phi) is 9.50. The van der Waals surface area contributed by atoms with E-state index in [4.69, 9.17) is 14.2 Å². The SMILES string of the molecule is CC[C@H](CC(=O)O)c1cccc(OCc2ccc(-c3cc(OC)ccc3F)c([C@H](OC)C(C)(C)C)c2)c1F. The van der Waals surface area contributed by atoms with E-state index in [1.54, 1.807) is 31.4 Å². The summed E-state index contributed by atoms with van der Waals surface area (Å²) < 4.78 is 47.3. The fraction of sp³-hybridized carbons (Fsp3) is 0.387. The lowest BCUT2D eigenvalue weighted by Gasteiger charge is -2.32. The van der Waals surface area contributed by atoms with Gasteiger partial charge in [0.25, 0.3) is 0 Å². The fourth-order valence-corrected chi connectivity index (χ4v) is 4.75. The molecular formula is C31H36F2O5. The summed E-state index contributed by atoms with van der Waals surface area (Å²) in [7, 11) is 3.15. The first-order valence-electron chi connectivity index (χ1n) is 12.6. The maximum absolute atomic E-state index is 15.3. The molecule has 0 aliphatic carbocycles.